The number of carbonyl (C=O) groups is 2. The Morgan fingerprint density at radius 3 is 2.41 bits per heavy atom. The largest absolute Gasteiger partial charge is 0.347 e. The van der Waals surface area contributed by atoms with Gasteiger partial charge in [0.2, 0.25) is 5.91 Å². The first-order valence-electron chi connectivity index (χ1n) is 7.24. The standard InChI is InChI=1S/C17H20N2O2S/c1-12(2)16(14-9-6-10-22-14)19-15(20)11-18-17(21)13-7-4-3-5-8-13/h3-10,12,16H,11H2,1-2H3,(H,18,21)(H,19,20)/t16-/m1/s1. The zero-order chi connectivity index (χ0) is 15.9. The van der Waals surface area contributed by atoms with Gasteiger partial charge in [-0.3, -0.25) is 9.59 Å². The van der Waals surface area contributed by atoms with Crippen molar-refractivity contribution >= 4 is 23.2 Å². The first-order chi connectivity index (χ1) is 10.6. The molecule has 0 aliphatic heterocycles. The van der Waals surface area contributed by atoms with Gasteiger partial charge in [0.05, 0.1) is 12.6 Å². The summed E-state index contributed by atoms with van der Waals surface area (Å²) in [5.74, 6) is -0.142. The van der Waals surface area contributed by atoms with E-state index < -0.39 is 0 Å². The molecule has 22 heavy (non-hydrogen) atoms. The van der Waals surface area contributed by atoms with E-state index in [-0.39, 0.29) is 30.3 Å². The molecule has 1 aromatic carbocycles. The van der Waals surface area contributed by atoms with Crippen molar-refractivity contribution in [2.75, 3.05) is 6.54 Å². The highest BCUT2D eigenvalue weighted by Crippen LogP contribution is 2.25. The fourth-order valence-corrected chi connectivity index (χ4v) is 3.06. The van der Waals surface area contributed by atoms with E-state index in [9.17, 15) is 9.59 Å². The first kappa shape index (κ1) is 16.2. The molecule has 2 N–H and O–H groups in total. The van der Waals surface area contributed by atoms with Gasteiger partial charge in [-0.05, 0) is 29.5 Å². The molecule has 0 unspecified atom stereocenters. The zero-order valence-electron chi connectivity index (χ0n) is 12.7. The minimum atomic E-state index is -0.243. The number of hydrogen-bond acceptors (Lipinski definition) is 3. The van der Waals surface area contributed by atoms with E-state index >= 15 is 0 Å². The Hall–Kier alpha value is -2.14. The van der Waals surface area contributed by atoms with Crippen LogP contribution in [0.2, 0.25) is 0 Å². The summed E-state index contributed by atoms with van der Waals surface area (Å²) < 4.78 is 0. The maximum atomic E-state index is 12.1. The molecule has 0 bridgehead atoms. The predicted octanol–water partition coefficient (Wildman–Crippen LogP) is 2.99. The number of carbonyl (C=O) groups excluding carboxylic acids is 2. The molecule has 0 aliphatic rings. The monoisotopic (exact) mass is 316 g/mol. The minimum absolute atomic E-state index is 0.0255. The second-order valence-electron chi connectivity index (χ2n) is 5.35. The molecule has 0 fully saturated rings. The SMILES string of the molecule is CC(C)[C@@H](NC(=O)CNC(=O)c1ccccc1)c1cccs1. The van der Waals surface area contributed by atoms with Crippen molar-refractivity contribution < 1.29 is 9.59 Å². The molecule has 2 rings (SSSR count). The van der Waals surface area contributed by atoms with Crippen LogP contribution in [-0.4, -0.2) is 18.4 Å². The summed E-state index contributed by atoms with van der Waals surface area (Å²) in [6.07, 6.45) is 0. The van der Waals surface area contributed by atoms with Crippen LogP contribution in [0.4, 0.5) is 0 Å². The number of thiophene rings is 1. The highest BCUT2D eigenvalue weighted by atomic mass is 32.1. The third kappa shape index (κ3) is 4.43. The number of hydrogen-bond donors (Lipinski definition) is 2. The van der Waals surface area contributed by atoms with Crippen LogP contribution in [0.5, 0.6) is 0 Å². The van der Waals surface area contributed by atoms with Gasteiger partial charge in [0.15, 0.2) is 0 Å². The Bertz CT molecular complexity index is 609. The van der Waals surface area contributed by atoms with Crippen LogP contribution in [0.3, 0.4) is 0 Å². The molecule has 0 saturated carbocycles. The molecule has 5 heteroatoms. The third-order valence-corrected chi connectivity index (χ3v) is 4.23. The summed E-state index contributed by atoms with van der Waals surface area (Å²) in [4.78, 5) is 25.1. The van der Waals surface area contributed by atoms with Crippen molar-refractivity contribution in [2.45, 2.75) is 19.9 Å². The lowest BCUT2D eigenvalue weighted by Gasteiger charge is -2.21. The van der Waals surface area contributed by atoms with Crippen molar-refractivity contribution in [2.24, 2.45) is 5.92 Å². The molecule has 4 nitrogen and oxygen atoms in total. The van der Waals surface area contributed by atoms with Gasteiger partial charge in [-0.2, -0.15) is 0 Å². The molecule has 116 valence electrons. The highest BCUT2D eigenvalue weighted by molar-refractivity contribution is 7.10. The lowest BCUT2D eigenvalue weighted by Crippen LogP contribution is -2.39. The van der Waals surface area contributed by atoms with E-state index in [1.807, 2.05) is 23.6 Å². The molecule has 0 saturated heterocycles. The smallest absolute Gasteiger partial charge is 0.251 e. The van der Waals surface area contributed by atoms with E-state index in [1.54, 1.807) is 35.6 Å². The van der Waals surface area contributed by atoms with E-state index in [2.05, 4.69) is 24.5 Å². The van der Waals surface area contributed by atoms with E-state index in [0.717, 1.165) is 4.88 Å². The second kappa shape index (κ2) is 7.75. The topological polar surface area (TPSA) is 58.2 Å². The lowest BCUT2D eigenvalue weighted by atomic mass is 10.0. The molecule has 1 heterocycles. The van der Waals surface area contributed by atoms with Gasteiger partial charge in [-0.1, -0.05) is 38.1 Å². The average molecular weight is 316 g/mol. The third-order valence-electron chi connectivity index (χ3n) is 3.28. The molecular formula is C17H20N2O2S. The van der Waals surface area contributed by atoms with Crippen LogP contribution in [0.15, 0.2) is 47.8 Å². The van der Waals surface area contributed by atoms with Gasteiger partial charge in [-0.25, -0.2) is 0 Å². The number of rotatable bonds is 6. The molecule has 2 amide bonds. The molecule has 2 aromatic rings. The van der Waals surface area contributed by atoms with Gasteiger partial charge >= 0.3 is 0 Å². The van der Waals surface area contributed by atoms with Crippen LogP contribution in [0, 0.1) is 5.92 Å². The summed E-state index contributed by atoms with van der Waals surface area (Å²) in [7, 11) is 0. The number of amides is 2. The maximum absolute atomic E-state index is 12.1. The summed E-state index contributed by atoms with van der Waals surface area (Å²) >= 11 is 1.62. The van der Waals surface area contributed by atoms with E-state index in [1.165, 1.54) is 0 Å². The van der Waals surface area contributed by atoms with Crippen LogP contribution in [-0.2, 0) is 4.79 Å². The Labute approximate surface area is 134 Å². The van der Waals surface area contributed by atoms with Crippen LogP contribution < -0.4 is 10.6 Å². The first-order valence-corrected chi connectivity index (χ1v) is 8.12. The van der Waals surface area contributed by atoms with Crippen LogP contribution >= 0.6 is 11.3 Å². The fourth-order valence-electron chi connectivity index (χ4n) is 2.11. The van der Waals surface area contributed by atoms with E-state index in [0.29, 0.717) is 5.56 Å². The van der Waals surface area contributed by atoms with Gasteiger partial charge in [0.1, 0.15) is 0 Å². The van der Waals surface area contributed by atoms with Crippen molar-refractivity contribution in [3.8, 4) is 0 Å². The van der Waals surface area contributed by atoms with Gasteiger partial charge in [0.25, 0.3) is 5.91 Å². The number of nitrogens with one attached hydrogen (secondary N) is 2. The van der Waals surface area contributed by atoms with Crippen molar-refractivity contribution in [3.63, 3.8) is 0 Å². The maximum Gasteiger partial charge on any atom is 0.251 e. The van der Waals surface area contributed by atoms with Crippen LogP contribution in [0.25, 0.3) is 0 Å². The van der Waals surface area contributed by atoms with Crippen molar-refractivity contribution in [1.82, 2.24) is 10.6 Å². The summed E-state index contributed by atoms with van der Waals surface area (Å²) in [5.41, 5.74) is 0.550. The van der Waals surface area contributed by atoms with E-state index in [4.69, 9.17) is 0 Å². The highest BCUT2D eigenvalue weighted by Gasteiger charge is 2.19. The van der Waals surface area contributed by atoms with Crippen molar-refractivity contribution in [3.05, 3.63) is 58.3 Å². The van der Waals surface area contributed by atoms with Gasteiger partial charge < -0.3 is 10.6 Å². The van der Waals surface area contributed by atoms with Crippen molar-refractivity contribution in [1.29, 1.82) is 0 Å². The Balaban J connectivity index is 1.88. The van der Waals surface area contributed by atoms with Gasteiger partial charge in [-0.15, -0.1) is 11.3 Å². The molecule has 0 spiro atoms. The Morgan fingerprint density at radius 2 is 1.82 bits per heavy atom. The minimum Gasteiger partial charge on any atom is -0.347 e. The summed E-state index contributed by atoms with van der Waals surface area (Å²) in [6.45, 7) is 4.10. The summed E-state index contributed by atoms with van der Waals surface area (Å²) in [6, 6.07) is 12.8. The predicted molar refractivity (Wildman–Crippen MR) is 88.8 cm³/mol. The molecular weight excluding hydrogens is 296 g/mol. The zero-order valence-corrected chi connectivity index (χ0v) is 13.5. The normalized spacial score (nSPS) is 12.0. The average Bonchev–Trinajstić information content (AvgIpc) is 3.04. The molecule has 0 aliphatic carbocycles. The second-order valence-corrected chi connectivity index (χ2v) is 6.33. The number of benzene rings is 1. The Kier molecular flexibility index (Phi) is 5.72. The molecule has 0 radical (unpaired) electrons. The molecule has 1 atom stereocenters. The van der Waals surface area contributed by atoms with Gasteiger partial charge in [0, 0.05) is 10.4 Å². The lowest BCUT2D eigenvalue weighted by molar-refractivity contribution is -0.121. The fraction of sp³-hybridized carbons (Fsp3) is 0.294. The quantitative estimate of drug-likeness (QED) is 0.861. The molecule has 1 aromatic heterocycles. The Morgan fingerprint density at radius 1 is 1.09 bits per heavy atom. The van der Waals surface area contributed by atoms with Crippen LogP contribution in [0.1, 0.15) is 35.1 Å². The summed E-state index contributed by atoms with van der Waals surface area (Å²) in [5, 5.41) is 7.62.